The van der Waals surface area contributed by atoms with Crippen LogP contribution in [0, 0.1) is 11.3 Å². The fourth-order valence-corrected chi connectivity index (χ4v) is 3.69. The first-order chi connectivity index (χ1) is 9.10. The Kier molecular flexibility index (Phi) is 5.47. The van der Waals surface area contributed by atoms with Crippen LogP contribution in [-0.2, 0) is 6.42 Å². The zero-order chi connectivity index (χ0) is 13.7. The molecule has 19 heavy (non-hydrogen) atoms. The van der Waals surface area contributed by atoms with Gasteiger partial charge < -0.3 is 5.32 Å². The number of halogens is 1. The van der Waals surface area contributed by atoms with Crippen LogP contribution in [0.15, 0.2) is 28.7 Å². The molecule has 0 spiro atoms. The van der Waals surface area contributed by atoms with Gasteiger partial charge in [0.05, 0.1) is 0 Å². The summed E-state index contributed by atoms with van der Waals surface area (Å²) in [6.07, 6.45) is 6.78. The van der Waals surface area contributed by atoms with E-state index in [4.69, 9.17) is 0 Å². The van der Waals surface area contributed by atoms with Crippen LogP contribution in [0.5, 0.6) is 0 Å². The van der Waals surface area contributed by atoms with Crippen LogP contribution in [0.3, 0.4) is 0 Å². The van der Waals surface area contributed by atoms with E-state index in [2.05, 4.69) is 59.4 Å². The van der Waals surface area contributed by atoms with Gasteiger partial charge in [-0.25, -0.2) is 0 Å². The first-order valence-electron chi connectivity index (χ1n) is 7.55. The number of benzene rings is 1. The Bertz CT molecular complexity index is 394. The van der Waals surface area contributed by atoms with Crippen LogP contribution in [0.2, 0.25) is 0 Å². The van der Waals surface area contributed by atoms with E-state index in [1.54, 1.807) is 0 Å². The van der Waals surface area contributed by atoms with Crippen LogP contribution >= 0.6 is 15.9 Å². The minimum absolute atomic E-state index is 0.496. The SMILES string of the molecule is CC(C)CNCC1(Cc2cccc(Br)c2)CCCC1. The number of nitrogens with one attached hydrogen (secondary N) is 1. The molecule has 1 N–H and O–H groups in total. The molecule has 1 fully saturated rings. The molecular weight excluding hydrogens is 298 g/mol. The van der Waals surface area contributed by atoms with Crippen molar-refractivity contribution in [2.24, 2.45) is 11.3 Å². The number of rotatable bonds is 6. The molecule has 1 aromatic rings. The molecule has 1 aliphatic rings. The number of hydrogen-bond acceptors (Lipinski definition) is 1. The van der Waals surface area contributed by atoms with Gasteiger partial charge in [0.25, 0.3) is 0 Å². The van der Waals surface area contributed by atoms with E-state index in [-0.39, 0.29) is 0 Å². The first kappa shape index (κ1) is 15.1. The molecule has 0 heterocycles. The molecule has 106 valence electrons. The quantitative estimate of drug-likeness (QED) is 0.793. The van der Waals surface area contributed by atoms with Crippen LogP contribution in [0.1, 0.15) is 45.1 Å². The van der Waals surface area contributed by atoms with Gasteiger partial charge in [0, 0.05) is 11.0 Å². The fourth-order valence-electron chi connectivity index (χ4n) is 3.25. The second kappa shape index (κ2) is 6.90. The maximum atomic E-state index is 3.69. The van der Waals surface area contributed by atoms with Crippen LogP contribution < -0.4 is 5.32 Å². The third-order valence-electron chi connectivity index (χ3n) is 4.18. The van der Waals surface area contributed by atoms with E-state index in [0.717, 1.165) is 12.5 Å². The van der Waals surface area contributed by atoms with E-state index < -0.39 is 0 Å². The molecule has 1 saturated carbocycles. The lowest BCUT2D eigenvalue weighted by atomic mass is 9.80. The summed E-state index contributed by atoms with van der Waals surface area (Å²) in [6, 6.07) is 8.82. The van der Waals surface area contributed by atoms with Gasteiger partial charge >= 0.3 is 0 Å². The second-order valence-corrected chi connectivity index (χ2v) is 7.45. The Labute approximate surface area is 126 Å². The maximum Gasteiger partial charge on any atom is 0.0177 e. The van der Waals surface area contributed by atoms with E-state index in [1.807, 2.05) is 0 Å². The largest absolute Gasteiger partial charge is 0.316 e. The Morgan fingerprint density at radius 2 is 2.00 bits per heavy atom. The van der Waals surface area contributed by atoms with Crippen molar-refractivity contribution in [2.75, 3.05) is 13.1 Å². The molecule has 0 atom stereocenters. The van der Waals surface area contributed by atoms with Gasteiger partial charge in [-0.2, -0.15) is 0 Å². The van der Waals surface area contributed by atoms with Gasteiger partial charge in [0.2, 0.25) is 0 Å². The van der Waals surface area contributed by atoms with E-state index in [9.17, 15) is 0 Å². The molecular formula is C17H26BrN. The molecule has 0 amide bonds. The van der Waals surface area contributed by atoms with Crippen LogP contribution in [0.25, 0.3) is 0 Å². The normalized spacial score (nSPS) is 18.1. The maximum absolute atomic E-state index is 3.69. The molecule has 1 aliphatic carbocycles. The summed E-state index contributed by atoms with van der Waals surface area (Å²) in [5.74, 6) is 0.740. The van der Waals surface area contributed by atoms with Gasteiger partial charge in [0.15, 0.2) is 0 Å². The van der Waals surface area contributed by atoms with Gasteiger partial charge in [0.1, 0.15) is 0 Å². The van der Waals surface area contributed by atoms with Gasteiger partial charge in [-0.05, 0) is 54.8 Å². The summed E-state index contributed by atoms with van der Waals surface area (Å²) in [5, 5.41) is 3.69. The van der Waals surface area contributed by atoms with Gasteiger partial charge in [-0.1, -0.05) is 54.8 Å². The zero-order valence-electron chi connectivity index (χ0n) is 12.2. The smallest absolute Gasteiger partial charge is 0.0177 e. The topological polar surface area (TPSA) is 12.0 Å². The Balaban J connectivity index is 1.99. The standard InChI is InChI=1S/C17H26BrN/c1-14(2)12-19-13-17(8-3-4-9-17)11-15-6-5-7-16(18)10-15/h5-7,10,14,19H,3-4,8-9,11-13H2,1-2H3. The third kappa shape index (κ3) is 4.61. The molecule has 0 unspecified atom stereocenters. The summed E-state index contributed by atoms with van der Waals surface area (Å²) >= 11 is 3.59. The minimum Gasteiger partial charge on any atom is -0.316 e. The Hall–Kier alpha value is -0.340. The summed E-state index contributed by atoms with van der Waals surface area (Å²) in [4.78, 5) is 0. The van der Waals surface area contributed by atoms with Crippen molar-refractivity contribution in [3.63, 3.8) is 0 Å². The lowest BCUT2D eigenvalue weighted by Crippen LogP contribution is -2.35. The molecule has 1 aromatic carbocycles. The highest BCUT2D eigenvalue weighted by Crippen LogP contribution is 2.40. The molecule has 0 aliphatic heterocycles. The number of hydrogen-bond donors (Lipinski definition) is 1. The molecule has 2 heteroatoms. The van der Waals surface area contributed by atoms with E-state index >= 15 is 0 Å². The highest BCUT2D eigenvalue weighted by Gasteiger charge is 2.33. The van der Waals surface area contributed by atoms with Crippen molar-refractivity contribution in [2.45, 2.75) is 46.0 Å². The molecule has 2 rings (SSSR count). The second-order valence-electron chi connectivity index (χ2n) is 6.54. The Morgan fingerprint density at radius 1 is 1.26 bits per heavy atom. The monoisotopic (exact) mass is 323 g/mol. The van der Waals surface area contributed by atoms with Crippen molar-refractivity contribution in [1.82, 2.24) is 5.32 Å². The van der Waals surface area contributed by atoms with Crippen molar-refractivity contribution in [3.8, 4) is 0 Å². The predicted octanol–water partition coefficient (Wildman–Crippen LogP) is 4.80. The molecule has 1 nitrogen and oxygen atoms in total. The summed E-state index contributed by atoms with van der Waals surface area (Å²) in [6.45, 7) is 6.88. The summed E-state index contributed by atoms with van der Waals surface area (Å²) in [5.41, 5.74) is 1.97. The van der Waals surface area contributed by atoms with Crippen molar-refractivity contribution >= 4 is 15.9 Å². The third-order valence-corrected chi connectivity index (χ3v) is 4.68. The van der Waals surface area contributed by atoms with E-state index in [1.165, 1.54) is 48.7 Å². The summed E-state index contributed by atoms with van der Waals surface area (Å²) < 4.78 is 1.20. The van der Waals surface area contributed by atoms with Gasteiger partial charge in [-0.3, -0.25) is 0 Å². The fraction of sp³-hybridized carbons (Fsp3) is 0.647. The molecule has 0 saturated heterocycles. The van der Waals surface area contributed by atoms with Crippen molar-refractivity contribution < 1.29 is 0 Å². The van der Waals surface area contributed by atoms with Crippen molar-refractivity contribution in [3.05, 3.63) is 34.3 Å². The highest BCUT2D eigenvalue weighted by atomic mass is 79.9. The molecule has 0 aromatic heterocycles. The molecule has 0 radical (unpaired) electrons. The predicted molar refractivity (Wildman–Crippen MR) is 86.5 cm³/mol. The van der Waals surface area contributed by atoms with Crippen LogP contribution in [-0.4, -0.2) is 13.1 Å². The van der Waals surface area contributed by atoms with Gasteiger partial charge in [-0.15, -0.1) is 0 Å². The lowest BCUT2D eigenvalue weighted by Gasteiger charge is -2.30. The van der Waals surface area contributed by atoms with Crippen molar-refractivity contribution in [1.29, 1.82) is 0 Å². The zero-order valence-corrected chi connectivity index (χ0v) is 13.8. The summed E-state index contributed by atoms with van der Waals surface area (Å²) in [7, 11) is 0. The van der Waals surface area contributed by atoms with Crippen LogP contribution in [0.4, 0.5) is 0 Å². The average molecular weight is 324 g/mol. The van der Waals surface area contributed by atoms with E-state index in [0.29, 0.717) is 5.41 Å². The average Bonchev–Trinajstić information content (AvgIpc) is 2.77. The minimum atomic E-state index is 0.496. The highest BCUT2D eigenvalue weighted by molar-refractivity contribution is 9.10. The first-order valence-corrected chi connectivity index (χ1v) is 8.34. The lowest BCUT2D eigenvalue weighted by molar-refractivity contribution is 0.273. The Morgan fingerprint density at radius 3 is 2.63 bits per heavy atom. The molecule has 0 bridgehead atoms.